The van der Waals surface area contributed by atoms with Crippen molar-refractivity contribution in [1.29, 1.82) is 0 Å². The fraction of sp³-hybridized carbons (Fsp3) is 0.391. The predicted molar refractivity (Wildman–Crippen MR) is 110 cm³/mol. The third kappa shape index (κ3) is 6.39. The molecule has 2 aromatic rings. The summed E-state index contributed by atoms with van der Waals surface area (Å²) in [6.07, 6.45) is 1.82. The number of hydrogen-bond donors (Lipinski definition) is 2. The molecule has 0 aromatic heterocycles. The Balaban J connectivity index is 1.54. The minimum absolute atomic E-state index is 0.0426. The third-order valence-corrected chi connectivity index (χ3v) is 4.99. The first-order chi connectivity index (χ1) is 13.9. The first-order valence-electron chi connectivity index (χ1n) is 9.97. The molecule has 0 saturated heterocycles. The molecule has 1 aliphatic rings. The highest BCUT2D eigenvalue weighted by Gasteiger charge is 2.24. The minimum atomic E-state index is -0.498. The molecule has 0 radical (unpaired) electrons. The summed E-state index contributed by atoms with van der Waals surface area (Å²) in [6.45, 7) is 4.27. The number of carbonyl (C=O) groups excluding carboxylic acids is 2. The molecular weight excluding hydrogens is 371 g/mol. The van der Waals surface area contributed by atoms with Crippen molar-refractivity contribution in [2.45, 2.75) is 45.3 Å². The second-order valence-electron chi connectivity index (χ2n) is 7.59. The van der Waals surface area contributed by atoms with Gasteiger partial charge in [-0.1, -0.05) is 30.3 Å². The van der Waals surface area contributed by atoms with Crippen LogP contribution in [0.15, 0.2) is 48.5 Å². The van der Waals surface area contributed by atoms with Crippen LogP contribution in [0, 0.1) is 11.7 Å². The second kappa shape index (κ2) is 9.65. The third-order valence-electron chi connectivity index (χ3n) is 4.99. The van der Waals surface area contributed by atoms with Gasteiger partial charge < -0.3 is 15.4 Å². The van der Waals surface area contributed by atoms with Crippen LogP contribution in [0.25, 0.3) is 0 Å². The Morgan fingerprint density at radius 2 is 1.90 bits per heavy atom. The van der Waals surface area contributed by atoms with Crippen LogP contribution in [0.4, 0.5) is 10.1 Å². The minimum Gasteiger partial charge on any atom is -0.368 e. The van der Waals surface area contributed by atoms with E-state index in [0.717, 1.165) is 5.56 Å². The molecule has 5 nitrogen and oxygen atoms in total. The van der Waals surface area contributed by atoms with E-state index in [4.69, 9.17) is 4.74 Å². The number of ether oxygens (including phenoxy) is 1. The smallest absolute Gasteiger partial charge is 0.249 e. The summed E-state index contributed by atoms with van der Waals surface area (Å²) in [6, 6.07) is 13.2. The number of benzene rings is 2. The van der Waals surface area contributed by atoms with Crippen molar-refractivity contribution in [2.24, 2.45) is 5.92 Å². The molecule has 2 amide bonds. The standard InChI is InChI=1S/C23H27FN2O3/c1-15(25-23(28)16(2)29-14-17-10-11-17)18-7-5-8-20(12-18)26-22(27)13-19-6-3-4-9-21(19)24/h3-9,12,15-17H,10-11,13-14H2,1-2H3,(H,25,28)(H,26,27). The molecule has 3 rings (SSSR count). The number of hydrogen-bond acceptors (Lipinski definition) is 3. The van der Waals surface area contributed by atoms with E-state index in [9.17, 15) is 14.0 Å². The van der Waals surface area contributed by atoms with Crippen molar-refractivity contribution in [3.63, 3.8) is 0 Å². The largest absolute Gasteiger partial charge is 0.368 e. The molecule has 0 spiro atoms. The predicted octanol–water partition coefficient (Wildman–Crippen LogP) is 4.00. The van der Waals surface area contributed by atoms with E-state index in [1.807, 2.05) is 19.1 Å². The fourth-order valence-electron chi connectivity index (χ4n) is 2.96. The molecule has 2 N–H and O–H groups in total. The van der Waals surface area contributed by atoms with Crippen LogP contribution in [-0.2, 0) is 20.7 Å². The van der Waals surface area contributed by atoms with Gasteiger partial charge in [-0.15, -0.1) is 0 Å². The average molecular weight is 398 g/mol. The normalized spacial score (nSPS) is 15.4. The first kappa shape index (κ1) is 21.0. The van der Waals surface area contributed by atoms with Crippen molar-refractivity contribution >= 4 is 17.5 Å². The maximum Gasteiger partial charge on any atom is 0.249 e. The van der Waals surface area contributed by atoms with E-state index < -0.39 is 11.9 Å². The zero-order valence-electron chi connectivity index (χ0n) is 16.8. The van der Waals surface area contributed by atoms with Crippen LogP contribution in [0.3, 0.4) is 0 Å². The average Bonchev–Trinajstić information content (AvgIpc) is 3.52. The Morgan fingerprint density at radius 3 is 2.62 bits per heavy atom. The molecule has 1 saturated carbocycles. The zero-order chi connectivity index (χ0) is 20.8. The van der Waals surface area contributed by atoms with E-state index >= 15 is 0 Å². The molecule has 0 aliphatic heterocycles. The molecule has 2 atom stereocenters. The summed E-state index contributed by atoms with van der Waals surface area (Å²) in [7, 11) is 0. The number of amides is 2. The Hall–Kier alpha value is -2.73. The van der Waals surface area contributed by atoms with Crippen molar-refractivity contribution in [3.05, 3.63) is 65.5 Å². The number of anilines is 1. The maximum atomic E-state index is 13.7. The summed E-state index contributed by atoms with van der Waals surface area (Å²) >= 11 is 0. The van der Waals surface area contributed by atoms with Gasteiger partial charge in [-0.3, -0.25) is 9.59 Å². The Labute approximate surface area is 170 Å². The van der Waals surface area contributed by atoms with Crippen LogP contribution in [-0.4, -0.2) is 24.5 Å². The molecule has 2 unspecified atom stereocenters. The molecule has 0 bridgehead atoms. The highest BCUT2D eigenvalue weighted by Crippen LogP contribution is 2.29. The van der Waals surface area contributed by atoms with Gasteiger partial charge in [-0.2, -0.15) is 0 Å². The van der Waals surface area contributed by atoms with E-state index in [1.165, 1.54) is 18.9 Å². The lowest BCUT2D eigenvalue weighted by Gasteiger charge is -2.19. The van der Waals surface area contributed by atoms with Crippen LogP contribution >= 0.6 is 0 Å². The number of nitrogens with one attached hydrogen (secondary N) is 2. The van der Waals surface area contributed by atoms with Crippen LogP contribution < -0.4 is 10.6 Å². The van der Waals surface area contributed by atoms with E-state index in [-0.39, 0.29) is 24.3 Å². The van der Waals surface area contributed by atoms with Gasteiger partial charge >= 0.3 is 0 Å². The maximum absolute atomic E-state index is 13.7. The van der Waals surface area contributed by atoms with Gasteiger partial charge in [0.1, 0.15) is 11.9 Å². The Morgan fingerprint density at radius 1 is 1.14 bits per heavy atom. The summed E-state index contributed by atoms with van der Waals surface area (Å²) in [5.74, 6) is -0.253. The molecule has 6 heteroatoms. The van der Waals surface area contributed by atoms with Gasteiger partial charge in [0.25, 0.3) is 0 Å². The fourth-order valence-corrected chi connectivity index (χ4v) is 2.96. The topological polar surface area (TPSA) is 67.4 Å². The van der Waals surface area contributed by atoms with Gasteiger partial charge in [0.05, 0.1) is 19.1 Å². The van der Waals surface area contributed by atoms with Crippen LogP contribution in [0.5, 0.6) is 0 Å². The SMILES string of the molecule is CC(OCC1CC1)C(=O)NC(C)c1cccc(NC(=O)Cc2ccccc2F)c1. The van der Waals surface area contributed by atoms with Gasteiger partial charge in [-0.05, 0) is 61.9 Å². The second-order valence-corrected chi connectivity index (χ2v) is 7.59. The zero-order valence-corrected chi connectivity index (χ0v) is 16.8. The van der Waals surface area contributed by atoms with Gasteiger partial charge in [0, 0.05) is 5.69 Å². The molecule has 1 aliphatic carbocycles. The van der Waals surface area contributed by atoms with Crippen LogP contribution in [0.2, 0.25) is 0 Å². The first-order valence-corrected chi connectivity index (χ1v) is 9.97. The van der Waals surface area contributed by atoms with Crippen molar-refractivity contribution in [2.75, 3.05) is 11.9 Å². The Bertz CT molecular complexity index is 867. The molecule has 29 heavy (non-hydrogen) atoms. The number of halogens is 1. The lowest BCUT2D eigenvalue weighted by molar-refractivity contribution is -0.132. The lowest BCUT2D eigenvalue weighted by atomic mass is 10.1. The number of rotatable bonds is 9. The van der Waals surface area contributed by atoms with E-state index in [0.29, 0.717) is 23.8 Å². The van der Waals surface area contributed by atoms with Gasteiger partial charge in [0.2, 0.25) is 11.8 Å². The summed E-state index contributed by atoms with van der Waals surface area (Å²) < 4.78 is 19.3. The van der Waals surface area contributed by atoms with Gasteiger partial charge in [0.15, 0.2) is 0 Å². The molecule has 2 aromatic carbocycles. The summed E-state index contributed by atoms with van der Waals surface area (Å²) in [5, 5.41) is 5.73. The van der Waals surface area contributed by atoms with E-state index in [2.05, 4.69) is 10.6 Å². The van der Waals surface area contributed by atoms with Crippen molar-refractivity contribution < 1.29 is 18.7 Å². The van der Waals surface area contributed by atoms with Crippen molar-refractivity contribution in [3.8, 4) is 0 Å². The monoisotopic (exact) mass is 398 g/mol. The summed E-state index contributed by atoms with van der Waals surface area (Å²) in [5.41, 5.74) is 1.81. The number of carbonyl (C=O) groups is 2. The quantitative estimate of drug-likeness (QED) is 0.671. The van der Waals surface area contributed by atoms with Crippen LogP contribution in [0.1, 0.15) is 43.9 Å². The molecule has 1 fully saturated rings. The molecular formula is C23H27FN2O3. The molecule has 0 heterocycles. The van der Waals surface area contributed by atoms with E-state index in [1.54, 1.807) is 37.3 Å². The lowest BCUT2D eigenvalue weighted by Crippen LogP contribution is -2.36. The highest BCUT2D eigenvalue weighted by molar-refractivity contribution is 5.92. The highest BCUT2D eigenvalue weighted by atomic mass is 19.1. The van der Waals surface area contributed by atoms with Gasteiger partial charge in [-0.25, -0.2) is 4.39 Å². The molecule has 154 valence electrons. The Kier molecular flexibility index (Phi) is 6.99. The summed E-state index contributed by atoms with van der Waals surface area (Å²) in [4.78, 5) is 24.6. The van der Waals surface area contributed by atoms with Crippen molar-refractivity contribution in [1.82, 2.24) is 5.32 Å².